The van der Waals surface area contributed by atoms with Crippen LogP contribution in [-0.4, -0.2) is 25.2 Å². The number of halogens is 2. The molecule has 0 saturated carbocycles. The summed E-state index contributed by atoms with van der Waals surface area (Å²) in [6.07, 6.45) is 0. The molecule has 0 radical (unpaired) electrons. The van der Waals surface area contributed by atoms with Gasteiger partial charge in [0.15, 0.2) is 5.17 Å². The summed E-state index contributed by atoms with van der Waals surface area (Å²) in [5.74, 6) is -2.33. The molecule has 1 heterocycles. The van der Waals surface area contributed by atoms with Gasteiger partial charge in [0.2, 0.25) is 5.91 Å². The van der Waals surface area contributed by atoms with E-state index in [4.69, 9.17) is 0 Å². The number of carbonyl (C=O) groups is 1. The van der Waals surface area contributed by atoms with Crippen molar-refractivity contribution in [3.05, 3.63) is 53.6 Å². The van der Waals surface area contributed by atoms with E-state index in [0.29, 0.717) is 5.69 Å². The lowest BCUT2D eigenvalue weighted by Gasteiger charge is -2.18. The molecule has 2 N–H and O–H groups in total. The van der Waals surface area contributed by atoms with Gasteiger partial charge >= 0.3 is 0 Å². The molecule has 1 aliphatic rings. The predicted molar refractivity (Wildman–Crippen MR) is 96.9 cm³/mol. The van der Waals surface area contributed by atoms with E-state index < -0.39 is 27.6 Å². The van der Waals surface area contributed by atoms with Gasteiger partial charge in [-0.15, -0.1) is 4.40 Å². The number of hydrogen-bond donors (Lipinski definition) is 2. The quantitative estimate of drug-likeness (QED) is 0.831. The fraction of sp³-hybridized carbons (Fsp3) is 0.125. The van der Waals surface area contributed by atoms with Gasteiger partial charge in [0.25, 0.3) is 10.0 Å². The highest BCUT2D eigenvalue weighted by Crippen LogP contribution is 2.30. The van der Waals surface area contributed by atoms with Crippen LogP contribution in [0.25, 0.3) is 0 Å². The zero-order valence-corrected chi connectivity index (χ0v) is 15.0. The van der Waals surface area contributed by atoms with E-state index >= 15 is 0 Å². The van der Waals surface area contributed by atoms with Crippen LogP contribution in [0.5, 0.6) is 0 Å². The summed E-state index contributed by atoms with van der Waals surface area (Å²) in [5, 5.41) is 5.11. The third kappa shape index (κ3) is 4.02. The van der Waals surface area contributed by atoms with Crippen molar-refractivity contribution >= 4 is 44.2 Å². The van der Waals surface area contributed by atoms with Crippen molar-refractivity contribution in [2.24, 2.45) is 4.40 Å². The zero-order valence-electron chi connectivity index (χ0n) is 13.4. The summed E-state index contributed by atoms with van der Waals surface area (Å²) >= 11 is 0.838. The molecule has 1 amide bonds. The Kier molecular flexibility index (Phi) is 4.97. The highest BCUT2D eigenvalue weighted by Gasteiger charge is 2.25. The first kappa shape index (κ1) is 18.3. The van der Waals surface area contributed by atoms with Crippen LogP contribution in [-0.2, 0) is 14.8 Å². The molecule has 0 spiro atoms. The number of nitrogens with one attached hydrogen (secondary N) is 2. The first-order chi connectivity index (χ1) is 12.2. The number of aryl methyl sites for hydroxylation is 1. The second kappa shape index (κ2) is 7.04. The SMILES string of the molecule is Cc1ccc2c(c1)NC(SCC(=O)Nc1cc(F)ccc1F)=NS2(=O)=O. The van der Waals surface area contributed by atoms with Gasteiger partial charge < -0.3 is 10.6 Å². The Morgan fingerprint density at radius 2 is 2.00 bits per heavy atom. The standard InChI is InChI=1S/C16H13F2N3O3S2/c1-9-2-5-14-13(6-9)20-16(21-26(14,23)24)25-8-15(22)19-12-7-10(17)3-4-11(12)18/h2-7H,8H2,1H3,(H,19,22)(H,20,21). The summed E-state index contributed by atoms with van der Waals surface area (Å²) in [6.45, 7) is 1.81. The molecule has 6 nitrogen and oxygen atoms in total. The van der Waals surface area contributed by atoms with Gasteiger partial charge in [0.1, 0.15) is 16.5 Å². The van der Waals surface area contributed by atoms with Gasteiger partial charge in [-0.05, 0) is 36.8 Å². The summed E-state index contributed by atoms with van der Waals surface area (Å²) < 4.78 is 54.6. The highest BCUT2D eigenvalue weighted by molar-refractivity contribution is 8.15. The Balaban J connectivity index is 1.69. The molecule has 0 unspecified atom stereocenters. The van der Waals surface area contributed by atoms with Crippen molar-refractivity contribution in [2.75, 3.05) is 16.4 Å². The molecule has 26 heavy (non-hydrogen) atoms. The van der Waals surface area contributed by atoms with E-state index in [-0.39, 0.29) is 21.5 Å². The van der Waals surface area contributed by atoms with Gasteiger partial charge in [-0.1, -0.05) is 17.8 Å². The van der Waals surface area contributed by atoms with Crippen LogP contribution in [0.4, 0.5) is 20.2 Å². The minimum atomic E-state index is -3.86. The van der Waals surface area contributed by atoms with Crippen LogP contribution in [0.15, 0.2) is 45.7 Å². The minimum Gasteiger partial charge on any atom is -0.333 e. The Bertz CT molecular complexity index is 1020. The molecule has 2 aromatic rings. The largest absolute Gasteiger partial charge is 0.333 e. The molecule has 10 heteroatoms. The lowest BCUT2D eigenvalue weighted by Crippen LogP contribution is -2.22. The maximum absolute atomic E-state index is 13.5. The smallest absolute Gasteiger partial charge is 0.286 e. The molecule has 3 rings (SSSR count). The van der Waals surface area contributed by atoms with Gasteiger partial charge in [-0.3, -0.25) is 4.79 Å². The number of anilines is 2. The van der Waals surface area contributed by atoms with Crippen LogP contribution in [0.3, 0.4) is 0 Å². The minimum absolute atomic E-state index is 0.0259. The van der Waals surface area contributed by atoms with Crippen molar-refractivity contribution in [3.8, 4) is 0 Å². The molecule has 0 atom stereocenters. The van der Waals surface area contributed by atoms with Gasteiger partial charge in [0, 0.05) is 6.07 Å². The fourth-order valence-electron chi connectivity index (χ4n) is 2.24. The van der Waals surface area contributed by atoms with E-state index in [0.717, 1.165) is 35.5 Å². The van der Waals surface area contributed by atoms with Crippen LogP contribution >= 0.6 is 11.8 Å². The molecular formula is C16H13F2N3O3S2. The number of thioether (sulfide) groups is 1. The van der Waals surface area contributed by atoms with E-state index in [1.807, 2.05) is 6.92 Å². The van der Waals surface area contributed by atoms with Crippen LogP contribution in [0.2, 0.25) is 0 Å². The average molecular weight is 397 g/mol. The highest BCUT2D eigenvalue weighted by atomic mass is 32.2. The summed E-state index contributed by atoms with van der Waals surface area (Å²) in [5.41, 5.74) is 0.943. The second-order valence-corrected chi connectivity index (χ2v) is 7.99. The van der Waals surface area contributed by atoms with E-state index in [2.05, 4.69) is 15.0 Å². The lowest BCUT2D eigenvalue weighted by atomic mass is 10.2. The number of nitrogens with zero attached hydrogens (tertiary/aromatic N) is 1. The number of amidine groups is 1. The summed E-state index contributed by atoms with van der Waals surface area (Å²) in [4.78, 5) is 12.0. The predicted octanol–water partition coefficient (Wildman–Crippen LogP) is 3.12. The van der Waals surface area contributed by atoms with Crippen molar-refractivity contribution in [3.63, 3.8) is 0 Å². The van der Waals surface area contributed by atoms with Crippen LogP contribution < -0.4 is 10.6 Å². The van der Waals surface area contributed by atoms with Crippen LogP contribution in [0, 0.1) is 18.6 Å². The molecule has 136 valence electrons. The van der Waals surface area contributed by atoms with Gasteiger partial charge in [0.05, 0.1) is 17.1 Å². The molecule has 0 aliphatic carbocycles. The molecular weight excluding hydrogens is 384 g/mol. The lowest BCUT2D eigenvalue weighted by molar-refractivity contribution is -0.113. The second-order valence-electron chi connectivity index (χ2n) is 5.46. The summed E-state index contributed by atoms with van der Waals surface area (Å²) in [7, 11) is -3.86. The molecule has 0 fully saturated rings. The number of amides is 1. The first-order valence-electron chi connectivity index (χ1n) is 7.35. The van der Waals surface area contributed by atoms with Crippen molar-refractivity contribution in [2.45, 2.75) is 11.8 Å². The number of fused-ring (bicyclic) bond motifs is 1. The molecule has 2 aromatic carbocycles. The van der Waals surface area contributed by atoms with Gasteiger partial charge in [-0.2, -0.15) is 8.42 Å². The van der Waals surface area contributed by atoms with Crippen LogP contribution in [0.1, 0.15) is 5.56 Å². The van der Waals surface area contributed by atoms with E-state index in [9.17, 15) is 22.0 Å². The van der Waals surface area contributed by atoms with E-state index in [1.165, 1.54) is 6.07 Å². The Labute approximate surface area is 152 Å². The molecule has 0 bridgehead atoms. The number of carbonyl (C=O) groups excluding carboxylic acids is 1. The Morgan fingerprint density at radius 3 is 2.77 bits per heavy atom. The normalized spacial score (nSPS) is 14.8. The summed E-state index contributed by atoms with van der Waals surface area (Å²) in [6, 6.07) is 7.47. The maximum atomic E-state index is 13.5. The monoisotopic (exact) mass is 397 g/mol. The van der Waals surface area contributed by atoms with Gasteiger partial charge in [-0.25, -0.2) is 8.78 Å². The number of hydrogen-bond acceptors (Lipinski definition) is 5. The van der Waals surface area contributed by atoms with E-state index in [1.54, 1.807) is 12.1 Å². The molecule has 0 aromatic heterocycles. The molecule has 0 saturated heterocycles. The van der Waals surface area contributed by atoms with Crippen molar-refractivity contribution < 1.29 is 22.0 Å². The Morgan fingerprint density at radius 1 is 1.23 bits per heavy atom. The number of sulfonamides is 1. The third-order valence-corrected chi connectivity index (χ3v) is 5.72. The number of rotatable bonds is 3. The number of benzene rings is 2. The zero-order chi connectivity index (χ0) is 18.9. The first-order valence-corrected chi connectivity index (χ1v) is 9.77. The third-order valence-electron chi connectivity index (χ3n) is 3.40. The average Bonchev–Trinajstić information content (AvgIpc) is 2.55. The topological polar surface area (TPSA) is 87.6 Å². The fourth-order valence-corrected chi connectivity index (χ4v) is 4.26. The molecule has 1 aliphatic heterocycles. The van der Waals surface area contributed by atoms with Crippen molar-refractivity contribution in [1.82, 2.24) is 0 Å². The van der Waals surface area contributed by atoms with Crippen molar-refractivity contribution in [1.29, 1.82) is 0 Å². The maximum Gasteiger partial charge on any atom is 0.286 e. The Hall–Kier alpha value is -2.46.